The topological polar surface area (TPSA) is 305 Å². The summed E-state index contributed by atoms with van der Waals surface area (Å²) in [4.78, 5) is 99.1. The average molecular weight is 1440 g/mol. The Kier molecular flexibility index (Phi) is 31.7. The lowest BCUT2D eigenvalue weighted by atomic mass is 9.80. The van der Waals surface area contributed by atoms with Gasteiger partial charge in [0, 0.05) is 167 Å². The Morgan fingerprint density at radius 3 is 2.09 bits per heavy atom. The maximum absolute atomic E-state index is 14.9. The molecule has 0 radical (unpaired) electrons. The lowest BCUT2D eigenvalue weighted by molar-refractivity contribution is -0.265. The minimum absolute atomic E-state index is 0.0103. The quantitative estimate of drug-likeness (QED) is 0.0425. The molecule has 4 saturated heterocycles. The lowest BCUT2D eigenvalue weighted by Gasteiger charge is -2.43. The molecule has 1 aliphatic carbocycles. The van der Waals surface area contributed by atoms with Gasteiger partial charge in [0.15, 0.2) is 5.78 Å². The van der Waals surface area contributed by atoms with E-state index in [2.05, 4.69) is 40.0 Å². The number of hydrogen-bond donors (Lipinski definition) is 4. The number of Topliss-reactive ketones (excluding diaryl/α,β-unsaturated/α-hetero) is 2. The second kappa shape index (κ2) is 39.8. The number of ether oxygens (including phenoxy) is 8. The number of nitrogens with one attached hydrogen (secondary N) is 1. The molecule has 8 rings (SSSR count). The summed E-state index contributed by atoms with van der Waals surface area (Å²) in [5.41, 5.74) is 10.4. The highest BCUT2D eigenvalue weighted by Crippen LogP contribution is 2.38. The normalized spacial score (nSPS) is 31.8. The summed E-state index contributed by atoms with van der Waals surface area (Å²) in [6.45, 7) is 21.1. The van der Waals surface area contributed by atoms with Crippen LogP contribution < -0.4 is 20.9 Å². The summed E-state index contributed by atoms with van der Waals surface area (Å²) in [6.07, 6.45) is 18.4. The molecule has 2 aromatic rings. The van der Waals surface area contributed by atoms with Gasteiger partial charge in [-0.25, -0.2) is 24.7 Å². The molecule has 2 aromatic heterocycles. The van der Waals surface area contributed by atoms with Gasteiger partial charge in [0.05, 0.1) is 44.1 Å². The number of carbonyl (C=O) groups excluding carboxylic acids is 5. The van der Waals surface area contributed by atoms with Crippen molar-refractivity contribution in [3.8, 4) is 0 Å². The smallest absolute Gasteiger partial charge is 0.329 e. The maximum atomic E-state index is 14.9. The number of anilines is 2. The zero-order valence-corrected chi connectivity index (χ0v) is 62.8. The number of piperidine rings is 1. The minimum Gasteiger partial charge on any atom is -0.465 e. The molecule has 2 amide bonds. The van der Waals surface area contributed by atoms with E-state index in [4.69, 9.17) is 55.8 Å². The number of nitrogens with two attached hydrogens (primary N) is 1. The number of fused-ring (bicyclic) bond motifs is 3. The van der Waals surface area contributed by atoms with Crippen molar-refractivity contribution in [2.24, 2.45) is 35.3 Å². The fourth-order valence-electron chi connectivity index (χ4n) is 14.9. The Balaban J connectivity index is 0.860. The van der Waals surface area contributed by atoms with E-state index in [-0.39, 0.29) is 60.3 Å². The van der Waals surface area contributed by atoms with Crippen molar-refractivity contribution in [3.63, 3.8) is 0 Å². The minimum atomic E-state index is -2.46. The van der Waals surface area contributed by atoms with Crippen LogP contribution in [0.15, 0.2) is 72.4 Å². The molecule has 16 atom stereocenters. The summed E-state index contributed by atoms with van der Waals surface area (Å²) >= 11 is 5.73. The molecule has 0 unspecified atom stereocenters. The molecule has 0 aromatic carbocycles. The molecule has 0 spiro atoms. The molecule has 5 aliphatic heterocycles. The Labute approximate surface area is 608 Å². The van der Waals surface area contributed by atoms with Crippen LogP contribution in [0.1, 0.15) is 136 Å². The van der Waals surface area contributed by atoms with Crippen molar-refractivity contribution in [2.45, 2.75) is 205 Å². The third-order valence-electron chi connectivity index (χ3n) is 21.4. The SMILES string of the molecule is CO[C@H]1C[C@@H]2CC[C@@H](C)[C@@](O)(O2)C(=O)C(=O)N2CCCC[C@H]2C(=O)O[C@H]([C@H](N)C[C@@H]2CC[C@@H](OC(=S)NCc3cnc(N4CCN(C(=O)CCOCCN5CCN(c6ncc(C)cn6)CC5)CC4)nc3)[C@H](OC)C2)C[C@@H](OC)[C@H](C)/C=C(\C)[C@@H](O)[C@@H](OC)C(=O)[C@H](C)C[C@H](C)/C=C/C=CC=C1C. The van der Waals surface area contributed by atoms with Gasteiger partial charge in [-0.15, -0.1) is 0 Å². The van der Waals surface area contributed by atoms with Crippen molar-refractivity contribution in [2.75, 3.05) is 117 Å². The van der Waals surface area contributed by atoms with Crippen molar-refractivity contribution >= 4 is 58.6 Å². The van der Waals surface area contributed by atoms with Gasteiger partial charge in [0.25, 0.3) is 16.9 Å². The second-order valence-electron chi connectivity index (χ2n) is 28.9. The van der Waals surface area contributed by atoms with Gasteiger partial charge in [-0.3, -0.25) is 24.1 Å². The average Bonchev–Trinajstić information content (AvgIpc) is 0.773. The largest absolute Gasteiger partial charge is 0.465 e. The zero-order chi connectivity index (χ0) is 73.6. The number of allylic oxidation sites excluding steroid dienone is 5. The Morgan fingerprint density at radius 1 is 0.745 bits per heavy atom. The van der Waals surface area contributed by atoms with Crippen LogP contribution in [0.25, 0.3) is 0 Å². The number of methoxy groups -OCH3 is 4. The Bertz CT molecular complexity index is 3170. The second-order valence-corrected chi connectivity index (χ2v) is 29.3. The Hall–Kier alpha value is -6.24. The number of aliphatic hydroxyl groups is 2. The van der Waals surface area contributed by atoms with E-state index in [1.807, 2.05) is 88.4 Å². The summed E-state index contributed by atoms with van der Waals surface area (Å²) < 4.78 is 48.8. The van der Waals surface area contributed by atoms with Crippen LogP contribution in [0.2, 0.25) is 0 Å². The van der Waals surface area contributed by atoms with E-state index in [9.17, 15) is 34.2 Å². The first-order valence-electron chi connectivity index (χ1n) is 36.8. The van der Waals surface area contributed by atoms with Crippen LogP contribution in [-0.2, 0) is 68.4 Å². The number of hydrogen-bond acceptors (Lipinski definition) is 24. The highest BCUT2D eigenvalue weighted by Gasteiger charge is 2.53. The van der Waals surface area contributed by atoms with Gasteiger partial charge in [-0.05, 0) is 126 Å². The molecule has 27 heteroatoms. The number of aromatic nitrogens is 4. The molecule has 1 saturated carbocycles. The number of nitrogens with zero attached hydrogens (tertiary/aromatic N) is 9. The maximum Gasteiger partial charge on any atom is 0.329 e. The standard InChI is InChI=1S/C75H115N11O15S/c1-48-17-13-12-14-18-50(3)61(94-8)41-57-22-20-54(7)75(93,101-57)69(90)70(91)86-25-16-15-19-59(86)71(92)99-63(42-62(95-9)51(4)38-53(6)67(89)68(97-11)66(88)52(5)37-48)58(76)39-55-21-23-60(64(40-55)96-10)100-74(102)81-47-56-45-79-73(80-46-56)85-32-30-83(31-33-85)65(87)24-35-98-36-34-82-26-28-84(29-27-82)72-77-43-49(2)44-78-72/h12-14,17-18,38,43-46,48,51-52,54-55,57-64,67-68,89,93H,15-16,19-37,39-42,47,76H2,1-11H3,(H,81,102)/b14-12?,17-13+,50-18?,53-38+/t48-,51-,52-,54-,55+,57+,58-,59+,60-,61+,62-,63+,64-,67-,68+,75-/m1/s1. The van der Waals surface area contributed by atoms with E-state index in [1.54, 1.807) is 47.6 Å². The molecule has 6 aliphatic rings. The summed E-state index contributed by atoms with van der Waals surface area (Å²) in [7, 11) is 6.17. The summed E-state index contributed by atoms with van der Waals surface area (Å²) in [5, 5.41) is 27.3. The third kappa shape index (κ3) is 22.6. The van der Waals surface area contributed by atoms with Crippen molar-refractivity contribution in [1.29, 1.82) is 0 Å². The molecule has 5 fully saturated rings. The van der Waals surface area contributed by atoms with E-state index < -0.39 is 89.9 Å². The number of esters is 1. The predicted molar refractivity (Wildman–Crippen MR) is 390 cm³/mol. The van der Waals surface area contributed by atoms with Gasteiger partial charge in [-0.1, -0.05) is 64.2 Å². The molecule has 102 heavy (non-hydrogen) atoms. The number of cyclic esters (lactones) is 1. The van der Waals surface area contributed by atoms with Crippen molar-refractivity contribution in [1.82, 2.24) is 40.0 Å². The first-order valence-corrected chi connectivity index (χ1v) is 37.2. The number of rotatable bonds is 18. The fraction of sp³-hybridized carbons (Fsp3) is 0.707. The number of carbonyl (C=O) groups is 5. The van der Waals surface area contributed by atoms with Gasteiger partial charge in [0.2, 0.25) is 23.6 Å². The van der Waals surface area contributed by atoms with E-state index in [0.717, 1.165) is 55.4 Å². The zero-order valence-electron chi connectivity index (χ0n) is 62.0. The number of thiocarbonyl (C=S) groups is 1. The van der Waals surface area contributed by atoms with E-state index >= 15 is 0 Å². The summed E-state index contributed by atoms with van der Waals surface area (Å²) in [5.74, 6) is -5.79. The van der Waals surface area contributed by atoms with Crippen LogP contribution in [0, 0.1) is 36.5 Å². The summed E-state index contributed by atoms with van der Waals surface area (Å²) in [6, 6.07) is -1.94. The first kappa shape index (κ1) is 81.4. The fourth-order valence-corrected chi connectivity index (χ4v) is 15.1. The molecular formula is C75H115N11O15S. The van der Waals surface area contributed by atoms with Gasteiger partial charge in [0.1, 0.15) is 30.5 Å². The van der Waals surface area contributed by atoms with Crippen LogP contribution in [0.4, 0.5) is 11.9 Å². The first-order chi connectivity index (χ1) is 48.9. The molecule has 2 bridgehead atoms. The van der Waals surface area contributed by atoms with Crippen LogP contribution in [-0.4, -0.2) is 253 Å². The number of ketones is 2. The van der Waals surface area contributed by atoms with Crippen molar-refractivity contribution in [3.05, 3.63) is 83.5 Å². The molecule has 5 N–H and O–H groups in total. The monoisotopic (exact) mass is 1440 g/mol. The van der Waals surface area contributed by atoms with Crippen molar-refractivity contribution < 1.29 is 72.1 Å². The van der Waals surface area contributed by atoms with E-state index in [0.29, 0.717) is 128 Å². The predicted octanol–water partition coefficient (Wildman–Crippen LogP) is 6.18. The molecule has 7 heterocycles. The van der Waals surface area contributed by atoms with Gasteiger partial charge >= 0.3 is 5.97 Å². The lowest BCUT2D eigenvalue weighted by Crippen LogP contribution is -2.61. The van der Waals surface area contributed by atoms with Crippen LogP contribution in [0.3, 0.4) is 0 Å². The number of aryl methyl sites for hydroxylation is 1. The highest BCUT2D eigenvalue weighted by molar-refractivity contribution is 7.80. The molecule has 566 valence electrons. The third-order valence-corrected chi connectivity index (χ3v) is 21.6. The van der Waals surface area contributed by atoms with Crippen LogP contribution in [0.5, 0.6) is 0 Å². The highest BCUT2D eigenvalue weighted by atomic mass is 32.1. The number of amides is 2. The number of aliphatic hydroxyl groups excluding tert-OH is 1. The molecule has 26 nitrogen and oxygen atoms in total. The van der Waals surface area contributed by atoms with Gasteiger partial charge < -0.3 is 78.8 Å². The van der Waals surface area contributed by atoms with E-state index in [1.165, 1.54) is 12.0 Å². The van der Waals surface area contributed by atoms with Crippen LogP contribution >= 0.6 is 12.2 Å². The van der Waals surface area contributed by atoms with Gasteiger partial charge in [-0.2, -0.15) is 0 Å². The Morgan fingerprint density at radius 2 is 1.42 bits per heavy atom. The molecular weight excluding hydrogens is 1330 g/mol. The number of piperazine rings is 2.